The van der Waals surface area contributed by atoms with Gasteiger partial charge in [0.05, 0.1) is 0 Å². The number of halogens is 4. The minimum absolute atomic E-state index is 0.103. The second-order valence-corrected chi connectivity index (χ2v) is 4.43. The Hall–Kier alpha value is -1.52. The molecule has 0 bridgehead atoms. The fraction of sp³-hybridized carbons (Fsp3) is 0.333. The molecule has 0 aliphatic heterocycles. The molecular formula is C12H12F4O. The van der Waals surface area contributed by atoms with Crippen LogP contribution in [0, 0.1) is 5.82 Å². The molecule has 0 aromatic heterocycles. The third-order valence-corrected chi connectivity index (χ3v) is 1.77. The molecular weight excluding hydrogens is 236 g/mol. The summed E-state index contributed by atoms with van der Waals surface area (Å²) in [5, 5.41) is 0. The third kappa shape index (κ3) is 3.76. The summed E-state index contributed by atoms with van der Waals surface area (Å²) in [5.74, 6) is -2.71. The van der Waals surface area contributed by atoms with Crippen molar-refractivity contribution in [2.24, 2.45) is 0 Å². The molecule has 0 unspecified atom stereocenters. The van der Waals surface area contributed by atoms with Gasteiger partial charge in [-0.1, -0.05) is 0 Å². The van der Waals surface area contributed by atoms with Crippen molar-refractivity contribution in [3.8, 4) is 5.75 Å². The summed E-state index contributed by atoms with van der Waals surface area (Å²) in [6, 6.07) is 2.84. The number of hydrogen-bond acceptors (Lipinski definition) is 1. The molecule has 0 heterocycles. The minimum Gasteiger partial charge on any atom is -0.485 e. The lowest BCUT2D eigenvalue weighted by Gasteiger charge is -2.21. The molecule has 0 aliphatic rings. The molecule has 0 radical (unpaired) electrons. The molecule has 0 saturated heterocycles. The van der Waals surface area contributed by atoms with Gasteiger partial charge in [-0.15, -0.1) is 0 Å². The molecule has 0 spiro atoms. The Balaban J connectivity index is 3.07. The van der Waals surface area contributed by atoms with E-state index >= 15 is 0 Å². The smallest absolute Gasteiger partial charge is 0.306 e. The van der Waals surface area contributed by atoms with Gasteiger partial charge in [0.2, 0.25) is 0 Å². The van der Waals surface area contributed by atoms with Crippen molar-refractivity contribution < 1.29 is 22.3 Å². The van der Waals surface area contributed by atoms with E-state index in [1.165, 1.54) is 0 Å². The summed E-state index contributed by atoms with van der Waals surface area (Å²) < 4.78 is 55.4. The highest BCUT2D eigenvalue weighted by Crippen LogP contribution is 2.28. The summed E-state index contributed by atoms with van der Waals surface area (Å²) >= 11 is 0. The van der Waals surface area contributed by atoms with Crippen molar-refractivity contribution in [3.63, 3.8) is 0 Å². The summed E-state index contributed by atoms with van der Waals surface area (Å²) in [5.41, 5.74) is -1.13. The quantitative estimate of drug-likeness (QED) is 0.698. The lowest BCUT2D eigenvalue weighted by molar-refractivity contribution is 0.124. The van der Waals surface area contributed by atoms with Gasteiger partial charge >= 0.3 is 6.08 Å². The van der Waals surface area contributed by atoms with E-state index in [0.29, 0.717) is 6.07 Å². The summed E-state index contributed by atoms with van der Waals surface area (Å²) in [7, 11) is 0. The lowest BCUT2D eigenvalue weighted by atomic mass is 10.1. The van der Waals surface area contributed by atoms with E-state index in [1.807, 2.05) is 0 Å². The average Bonchev–Trinajstić information content (AvgIpc) is 2.18. The highest BCUT2D eigenvalue weighted by molar-refractivity contribution is 5.60. The highest BCUT2D eigenvalue weighted by Gasteiger charge is 2.17. The average molecular weight is 248 g/mol. The van der Waals surface area contributed by atoms with Crippen LogP contribution in [0.3, 0.4) is 0 Å². The van der Waals surface area contributed by atoms with Gasteiger partial charge in [-0.3, -0.25) is 0 Å². The zero-order chi connectivity index (χ0) is 13.2. The van der Waals surface area contributed by atoms with Crippen LogP contribution < -0.4 is 4.74 Å². The van der Waals surface area contributed by atoms with Crippen LogP contribution in [-0.2, 0) is 0 Å². The minimum atomic E-state index is -2.48. The lowest BCUT2D eigenvalue weighted by Crippen LogP contribution is -2.23. The molecule has 94 valence electrons. The Labute approximate surface area is 96.7 Å². The van der Waals surface area contributed by atoms with E-state index in [4.69, 9.17) is 4.74 Å². The first kappa shape index (κ1) is 13.5. The highest BCUT2D eigenvalue weighted by atomic mass is 19.3. The first-order valence-electron chi connectivity index (χ1n) is 4.90. The molecule has 1 aromatic rings. The second kappa shape index (κ2) is 4.77. The molecule has 0 amide bonds. The monoisotopic (exact) mass is 248 g/mol. The topological polar surface area (TPSA) is 9.23 Å². The molecule has 17 heavy (non-hydrogen) atoms. The van der Waals surface area contributed by atoms with E-state index in [1.54, 1.807) is 20.8 Å². The van der Waals surface area contributed by atoms with Gasteiger partial charge in [0.1, 0.15) is 5.60 Å². The van der Waals surface area contributed by atoms with Crippen LogP contribution in [0.2, 0.25) is 0 Å². The van der Waals surface area contributed by atoms with Gasteiger partial charge in [0.25, 0.3) is 0 Å². The Morgan fingerprint density at radius 1 is 1.12 bits per heavy atom. The predicted octanol–water partition coefficient (Wildman–Crippen LogP) is 4.54. The van der Waals surface area contributed by atoms with Crippen LogP contribution in [-0.4, -0.2) is 5.60 Å². The maximum Gasteiger partial charge on any atom is 0.306 e. The van der Waals surface area contributed by atoms with Gasteiger partial charge in [0, 0.05) is 5.56 Å². The summed E-state index contributed by atoms with van der Waals surface area (Å²) in [4.78, 5) is 0. The van der Waals surface area contributed by atoms with Crippen molar-refractivity contribution in [2.75, 3.05) is 0 Å². The zero-order valence-electron chi connectivity index (χ0n) is 9.65. The van der Waals surface area contributed by atoms with E-state index in [-0.39, 0.29) is 5.75 Å². The predicted molar refractivity (Wildman–Crippen MR) is 57.0 cm³/mol. The fourth-order valence-corrected chi connectivity index (χ4v) is 1.16. The Kier molecular flexibility index (Phi) is 3.80. The second-order valence-electron chi connectivity index (χ2n) is 4.43. The van der Waals surface area contributed by atoms with Gasteiger partial charge in [-0.25, -0.2) is 8.78 Å². The Morgan fingerprint density at radius 3 is 2.12 bits per heavy atom. The van der Waals surface area contributed by atoms with Crippen LogP contribution >= 0.6 is 0 Å². The molecule has 5 heteroatoms. The van der Waals surface area contributed by atoms with Crippen molar-refractivity contribution >= 4 is 5.83 Å². The number of benzene rings is 1. The number of ether oxygens (including phenoxy) is 1. The van der Waals surface area contributed by atoms with Gasteiger partial charge in [-0.05, 0) is 39.0 Å². The van der Waals surface area contributed by atoms with E-state index in [0.717, 1.165) is 12.1 Å². The van der Waals surface area contributed by atoms with Crippen LogP contribution in [0.15, 0.2) is 24.3 Å². The van der Waals surface area contributed by atoms with Crippen LogP contribution in [0.4, 0.5) is 17.6 Å². The maximum atomic E-state index is 13.4. The van der Waals surface area contributed by atoms with Crippen molar-refractivity contribution in [1.82, 2.24) is 0 Å². The summed E-state index contributed by atoms with van der Waals surface area (Å²) in [6.07, 6.45) is -2.48. The van der Waals surface area contributed by atoms with E-state index < -0.39 is 28.9 Å². The number of hydrogen-bond donors (Lipinski definition) is 0. The maximum absolute atomic E-state index is 13.4. The van der Waals surface area contributed by atoms with Gasteiger partial charge in [-0.2, -0.15) is 8.78 Å². The van der Waals surface area contributed by atoms with Crippen LogP contribution in [0.1, 0.15) is 26.3 Å². The molecule has 0 atom stereocenters. The van der Waals surface area contributed by atoms with E-state index in [2.05, 4.69) is 0 Å². The first-order chi connectivity index (χ1) is 7.70. The Bertz CT molecular complexity index is 442. The molecule has 0 N–H and O–H groups in total. The van der Waals surface area contributed by atoms with Gasteiger partial charge in [0.15, 0.2) is 17.4 Å². The van der Waals surface area contributed by atoms with Crippen molar-refractivity contribution in [1.29, 1.82) is 0 Å². The molecule has 0 aliphatic carbocycles. The molecule has 1 nitrogen and oxygen atoms in total. The largest absolute Gasteiger partial charge is 0.485 e. The normalized spacial score (nSPS) is 11.2. The molecule has 1 rings (SSSR count). The first-order valence-corrected chi connectivity index (χ1v) is 4.90. The van der Waals surface area contributed by atoms with Crippen LogP contribution in [0.25, 0.3) is 5.83 Å². The standard InChI is InChI=1S/C12H12F4O/c1-12(2,3)17-9-5-4-7(6-8(9)13)10(14)11(15)16/h4-6H,1-3H3. The fourth-order valence-electron chi connectivity index (χ4n) is 1.16. The molecule has 0 saturated carbocycles. The Morgan fingerprint density at radius 2 is 1.71 bits per heavy atom. The van der Waals surface area contributed by atoms with Crippen molar-refractivity contribution in [2.45, 2.75) is 26.4 Å². The van der Waals surface area contributed by atoms with E-state index in [9.17, 15) is 17.6 Å². The molecule has 1 aromatic carbocycles. The summed E-state index contributed by atoms with van der Waals surface area (Å²) in [6.45, 7) is 5.13. The number of rotatable bonds is 2. The van der Waals surface area contributed by atoms with Crippen molar-refractivity contribution in [3.05, 3.63) is 35.7 Å². The SMILES string of the molecule is CC(C)(C)Oc1ccc(C(F)=C(F)F)cc1F. The zero-order valence-corrected chi connectivity index (χ0v) is 9.65. The van der Waals surface area contributed by atoms with Gasteiger partial charge < -0.3 is 4.74 Å². The molecule has 0 fully saturated rings. The van der Waals surface area contributed by atoms with Crippen LogP contribution in [0.5, 0.6) is 5.75 Å². The third-order valence-electron chi connectivity index (χ3n) is 1.77.